The lowest BCUT2D eigenvalue weighted by atomic mass is 9.56. The van der Waals surface area contributed by atoms with Crippen LogP contribution < -0.4 is 0 Å². The first kappa shape index (κ1) is 23.1. The van der Waals surface area contributed by atoms with Crippen LogP contribution in [0.5, 0.6) is 0 Å². The molecule has 2 nitrogen and oxygen atoms in total. The lowest BCUT2D eigenvalue weighted by molar-refractivity contribution is -0.153. The molecule has 0 radical (unpaired) electrons. The molecule has 3 saturated carbocycles. The molecular weight excluding hydrogens is 356 g/mol. The Labute approximate surface area is 180 Å². The Morgan fingerprint density at radius 3 is 2.14 bits per heavy atom. The largest absolute Gasteiger partial charge is 0.462 e. The van der Waals surface area contributed by atoms with Crippen LogP contribution >= 0.6 is 0 Å². The lowest BCUT2D eigenvalue weighted by Gasteiger charge is -2.50. The van der Waals surface area contributed by atoms with Crippen molar-refractivity contribution in [2.24, 2.45) is 29.6 Å². The molecule has 0 N–H and O–H groups in total. The van der Waals surface area contributed by atoms with Gasteiger partial charge in [0.1, 0.15) is 6.10 Å². The fourth-order valence-electron chi connectivity index (χ4n) is 7.02. The molecule has 4 unspecified atom stereocenters. The predicted molar refractivity (Wildman–Crippen MR) is 122 cm³/mol. The standard InChI is InChI=1S/C27H48O2/c1-3-5-7-8-10-11-21-13-17-25-22(19-21)14-15-23-20-24(16-18-26(23)25)29-27(28)12-9-6-4-2/h21-26H,3-20H2,1-2H3/t21-,22?,23?,24-,25?,26?/m1/s1. The van der Waals surface area contributed by atoms with Crippen LogP contribution in [0.15, 0.2) is 0 Å². The van der Waals surface area contributed by atoms with Gasteiger partial charge in [-0.1, -0.05) is 71.6 Å². The van der Waals surface area contributed by atoms with Gasteiger partial charge in [-0.15, -0.1) is 0 Å². The van der Waals surface area contributed by atoms with Crippen LogP contribution in [-0.4, -0.2) is 12.1 Å². The number of hydrogen-bond acceptors (Lipinski definition) is 2. The SMILES string of the molecule is CCCCCCC[C@@H]1CCC2C(CCC3C[C@H](OC(=O)CCCCC)CCC32)C1. The molecule has 0 aromatic carbocycles. The van der Waals surface area contributed by atoms with Crippen molar-refractivity contribution >= 4 is 5.97 Å². The minimum absolute atomic E-state index is 0.0648. The normalized spacial score (nSPS) is 34.3. The molecule has 0 aromatic heterocycles. The van der Waals surface area contributed by atoms with Crippen LogP contribution in [0.25, 0.3) is 0 Å². The molecule has 0 aromatic rings. The number of ether oxygens (including phenoxy) is 1. The van der Waals surface area contributed by atoms with E-state index in [0.29, 0.717) is 6.42 Å². The maximum atomic E-state index is 12.1. The van der Waals surface area contributed by atoms with Crippen molar-refractivity contribution in [3.8, 4) is 0 Å². The van der Waals surface area contributed by atoms with Gasteiger partial charge in [-0.3, -0.25) is 4.79 Å². The van der Waals surface area contributed by atoms with Gasteiger partial charge in [0.25, 0.3) is 0 Å². The van der Waals surface area contributed by atoms with Gasteiger partial charge in [-0.05, 0) is 81.0 Å². The summed E-state index contributed by atoms with van der Waals surface area (Å²) in [5, 5.41) is 0. The summed E-state index contributed by atoms with van der Waals surface area (Å²) in [4.78, 5) is 12.1. The van der Waals surface area contributed by atoms with Crippen LogP contribution in [0, 0.1) is 29.6 Å². The Morgan fingerprint density at radius 1 is 0.724 bits per heavy atom. The number of esters is 1. The third kappa shape index (κ3) is 7.00. The highest BCUT2D eigenvalue weighted by Gasteiger charge is 2.44. The van der Waals surface area contributed by atoms with Gasteiger partial charge < -0.3 is 4.74 Å². The highest BCUT2D eigenvalue weighted by Crippen LogP contribution is 2.53. The summed E-state index contributed by atoms with van der Waals surface area (Å²) in [7, 11) is 0. The van der Waals surface area contributed by atoms with E-state index in [9.17, 15) is 4.79 Å². The molecule has 29 heavy (non-hydrogen) atoms. The van der Waals surface area contributed by atoms with Gasteiger partial charge in [0.2, 0.25) is 0 Å². The first-order valence-electron chi connectivity index (χ1n) is 13.4. The minimum atomic E-state index is 0.0648. The van der Waals surface area contributed by atoms with Crippen molar-refractivity contribution in [3.05, 3.63) is 0 Å². The second-order valence-electron chi connectivity index (χ2n) is 10.7. The average Bonchev–Trinajstić information content (AvgIpc) is 2.73. The highest BCUT2D eigenvalue weighted by atomic mass is 16.5. The number of unbranched alkanes of at least 4 members (excludes halogenated alkanes) is 6. The quantitative estimate of drug-likeness (QED) is 0.257. The van der Waals surface area contributed by atoms with Gasteiger partial charge in [-0.25, -0.2) is 0 Å². The molecule has 3 aliphatic carbocycles. The van der Waals surface area contributed by atoms with Crippen molar-refractivity contribution in [1.29, 1.82) is 0 Å². The molecule has 6 atom stereocenters. The van der Waals surface area contributed by atoms with Gasteiger partial charge in [0.15, 0.2) is 0 Å². The molecule has 3 rings (SSSR count). The van der Waals surface area contributed by atoms with Crippen LogP contribution in [0.3, 0.4) is 0 Å². The van der Waals surface area contributed by atoms with E-state index >= 15 is 0 Å². The number of fused-ring (bicyclic) bond motifs is 3. The summed E-state index contributed by atoms with van der Waals surface area (Å²) in [5.41, 5.74) is 0. The van der Waals surface area contributed by atoms with E-state index < -0.39 is 0 Å². The summed E-state index contributed by atoms with van der Waals surface area (Å²) < 4.78 is 5.87. The Hall–Kier alpha value is -0.530. The molecule has 0 saturated heterocycles. The smallest absolute Gasteiger partial charge is 0.306 e. The number of rotatable bonds is 11. The summed E-state index contributed by atoms with van der Waals surface area (Å²) in [6, 6.07) is 0. The zero-order valence-electron chi connectivity index (χ0n) is 19.5. The topological polar surface area (TPSA) is 26.3 Å². The van der Waals surface area contributed by atoms with E-state index in [-0.39, 0.29) is 12.1 Å². The zero-order chi connectivity index (χ0) is 20.5. The maximum absolute atomic E-state index is 12.1. The van der Waals surface area contributed by atoms with Crippen LogP contribution in [0.1, 0.15) is 129 Å². The monoisotopic (exact) mass is 404 g/mol. The third-order valence-corrected chi connectivity index (χ3v) is 8.60. The molecular formula is C27H48O2. The summed E-state index contributed by atoms with van der Waals surface area (Å²) in [5.74, 6) is 4.87. The minimum Gasteiger partial charge on any atom is -0.462 e. The van der Waals surface area contributed by atoms with Gasteiger partial charge in [0.05, 0.1) is 0 Å². The Kier molecular flexibility index (Phi) is 9.86. The highest BCUT2D eigenvalue weighted by molar-refractivity contribution is 5.69. The molecule has 0 heterocycles. The third-order valence-electron chi connectivity index (χ3n) is 8.60. The van der Waals surface area contributed by atoms with Gasteiger partial charge >= 0.3 is 5.97 Å². The predicted octanol–water partition coefficient (Wildman–Crippen LogP) is 8.08. The first-order valence-corrected chi connectivity index (χ1v) is 13.4. The second kappa shape index (κ2) is 12.4. The van der Waals surface area contributed by atoms with Crippen molar-refractivity contribution in [2.75, 3.05) is 0 Å². The maximum Gasteiger partial charge on any atom is 0.306 e. The molecule has 0 bridgehead atoms. The van der Waals surface area contributed by atoms with Gasteiger partial charge in [0, 0.05) is 6.42 Å². The molecule has 3 fully saturated rings. The fraction of sp³-hybridized carbons (Fsp3) is 0.963. The number of carbonyl (C=O) groups is 1. The van der Waals surface area contributed by atoms with E-state index in [1.807, 2.05) is 0 Å². The van der Waals surface area contributed by atoms with Crippen molar-refractivity contribution in [2.45, 2.75) is 136 Å². The molecule has 3 aliphatic rings. The molecule has 0 amide bonds. The van der Waals surface area contributed by atoms with E-state index in [2.05, 4.69) is 13.8 Å². The molecule has 0 spiro atoms. The van der Waals surface area contributed by atoms with Crippen molar-refractivity contribution < 1.29 is 9.53 Å². The summed E-state index contributed by atoms with van der Waals surface area (Å²) in [6.07, 6.45) is 23.8. The summed E-state index contributed by atoms with van der Waals surface area (Å²) in [6.45, 7) is 4.49. The number of carbonyl (C=O) groups excluding carboxylic acids is 1. The van der Waals surface area contributed by atoms with Crippen molar-refractivity contribution in [1.82, 2.24) is 0 Å². The zero-order valence-corrected chi connectivity index (χ0v) is 19.5. The Bertz CT molecular complexity index is 473. The van der Waals surface area contributed by atoms with E-state index in [1.54, 1.807) is 0 Å². The second-order valence-corrected chi connectivity index (χ2v) is 10.7. The average molecular weight is 405 g/mol. The molecule has 2 heteroatoms. The van der Waals surface area contributed by atoms with E-state index in [0.717, 1.165) is 55.3 Å². The lowest BCUT2D eigenvalue weighted by Crippen LogP contribution is -2.43. The van der Waals surface area contributed by atoms with Crippen molar-refractivity contribution in [3.63, 3.8) is 0 Å². The molecule has 168 valence electrons. The Morgan fingerprint density at radius 2 is 1.38 bits per heavy atom. The summed E-state index contributed by atoms with van der Waals surface area (Å²) >= 11 is 0. The molecule has 0 aliphatic heterocycles. The van der Waals surface area contributed by atoms with Crippen LogP contribution in [0.2, 0.25) is 0 Å². The van der Waals surface area contributed by atoms with E-state index in [4.69, 9.17) is 4.74 Å². The van der Waals surface area contributed by atoms with E-state index in [1.165, 1.54) is 83.5 Å². The fourth-order valence-corrected chi connectivity index (χ4v) is 7.02. The Balaban J connectivity index is 1.38. The van der Waals surface area contributed by atoms with Crippen LogP contribution in [-0.2, 0) is 9.53 Å². The first-order chi connectivity index (χ1) is 14.2. The van der Waals surface area contributed by atoms with Crippen LogP contribution in [0.4, 0.5) is 0 Å². The number of hydrogen-bond donors (Lipinski definition) is 0. The van der Waals surface area contributed by atoms with Gasteiger partial charge in [-0.2, -0.15) is 0 Å².